The molecule has 0 aliphatic carbocycles. The highest BCUT2D eigenvalue weighted by molar-refractivity contribution is 5.82. The van der Waals surface area contributed by atoms with E-state index in [0.717, 1.165) is 7.11 Å². The molecule has 56 valence electrons. The van der Waals surface area contributed by atoms with Gasteiger partial charge in [-0.3, -0.25) is 4.79 Å². The molecule has 0 radical (unpaired) electrons. The van der Waals surface area contributed by atoms with E-state index in [4.69, 9.17) is 0 Å². The predicted molar refractivity (Wildman–Crippen MR) is 31.2 cm³/mol. The molecule has 0 aromatic rings. The van der Waals surface area contributed by atoms with E-state index in [1.54, 1.807) is 0 Å². The van der Waals surface area contributed by atoms with Crippen LogP contribution in [-0.2, 0) is 9.53 Å². The first-order chi connectivity index (χ1) is 4.70. The number of nitrogens with one attached hydrogen (secondary N) is 1. The van der Waals surface area contributed by atoms with Crippen LogP contribution in [0.2, 0.25) is 0 Å². The minimum absolute atomic E-state index is 0.420. The Morgan fingerprint density at radius 2 is 2.20 bits per heavy atom. The lowest BCUT2D eigenvalue weighted by Gasteiger charge is -1.96. The molecule has 0 bridgehead atoms. The number of methoxy groups -OCH3 is 1. The number of rotatable bonds is 2. The molecule has 0 unspecified atom stereocenters. The van der Waals surface area contributed by atoms with Gasteiger partial charge in [0, 0.05) is 5.18 Å². The van der Waals surface area contributed by atoms with Gasteiger partial charge in [0.1, 0.15) is 6.54 Å². The second kappa shape index (κ2) is 4.42. The van der Waals surface area contributed by atoms with Crippen LogP contribution in [0.3, 0.4) is 0 Å². The van der Waals surface area contributed by atoms with E-state index >= 15 is 0 Å². The van der Waals surface area contributed by atoms with Crippen molar-refractivity contribution < 1.29 is 14.3 Å². The van der Waals surface area contributed by atoms with Crippen LogP contribution >= 0.6 is 0 Å². The molecule has 0 rings (SSSR count). The van der Waals surface area contributed by atoms with Gasteiger partial charge in [0.05, 0.1) is 7.11 Å². The van der Waals surface area contributed by atoms with Crippen molar-refractivity contribution in [3.8, 4) is 0 Å². The quantitative estimate of drug-likeness (QED) is 0.539. The highest BCUT2D eigenvalue weighted by Gasteiger charge is 2.02. The maximum Gasteiger partial charge on any atom is 0.407 e. The molecule has 0 heterocycles. The normalized spacial score (nSPS) is 8.10. The molecule has 6 nitrogen and oxygen atoms in total. The van der Waals surface area contributed by atoms with Crippen LogP contribution in [0.25, 0.3) is 0 Å². The van der Waals surface area contributed by atoms with E-state index in [2.05, 4.69) is 4.74 Å². The summed E-state index contributed by atoms with van der Waals surface area (Å²) < 4.78 is 4.10. The van der Waals surface area contributed by atoms with E-state index in [9.17, 15) is 14.5 Å². The first kappa shape index (κ1) is 8.54. The molecule has 0 aliphatic heterocycles. The topological polar surface area (TPSA) is 84.8 Å². The predicted octanol–water partition coefficient (Wildman–Crippen LogP) is -0.365. The molecule has 2 amide bonds. The van der Waals surface area contributed by atoms with Gasteiger partial charge < -0.3 is 10.1 Å². The number of carbonyl (C=O) groups is 2. The summed E-state index contributed by atoms with van der Waals surface area (Å²) >= 11 is 0. The lowest BCUT2D eigenvalue weighted by molar-refractivity contribution is -0.117. The van der Waals surface area contributed by atoms with Gasteiger partial charge in [-0.05, 0) is 0 Å². The summed E-state index contributed by atoms with van der Waals surface area (Å²) in [4.78, 5) is 29.7. The average molecular weight is 146 g/mol. The van der Waals surface area contributed by atoms with Crippen LogP contribution in [0.1, 0.15) is 0 Å². The lowest BCUT2D eigenvalue weighted by atomic mass is 10.6. The summed E-state index contributed by atoms with van der Waals surface area (Å²) in [5.74, 6) is -0.939. The summed E-state index contributed by atoms with van der Waals surface area (Å²) in [6.07, 6.45) is -0.767. The average Bonchev–Trinajstić information content (AvgIpc) is 1.99. The van der Waals surface area contributed by atoms with E-state index in [0.29, 0.717) is 0 Å². The molecular formula is C4H6N2O4. The van der Waals surface area contributed by atoms with Gasteiger partial charge in [-0.1, -0.05) is 0 Å². The third-order valence-corrected chi connectivity index (χ3v) is 0.671. The highest BCUT2D eigenvalue weighted by Crippen LogP contribution is 1.73. The zero-order valence-electron chi connectivity index (χ0n) is 5.29. The smallest absolute Gasteiger partial charge is 0.407 e. The lowest BCUT2D eigenvalue weighted by Crippen LogP contribution is -2.28. The summed E-state index contributed by atoms with van der Waals surface area (Å²) in [5, 5.41) is 4.01. The maximum absolute atomic E-state index is 10.2. The molecule has 0 fully saturated rings. The van der Waals surface area contributed by atoms with E-state index in [1.165, 1.54) is 0 Å². The first-order valence-electron chi connectivity index (χ1n) is 2.38. The molecule has 0 spiro atoms. The number of amides is 2. The fourth-order valence-corrected chi connectivity index (χ4v) is 0.252. The van der Waals surface area contributed by atoms with Gasteiger partial charge in [-0.2, -0.15) is 0 Å². The first-order valence-corrected chi connectivity index (χ1v) is 2.38. The Balaban J connectivity index is 3.44. The number of hydrogen-bond acceptors (Lipinski definition) is 4. The van der Waals surface area contributed by atoms with Crippen molar-refractivity contribution in [2.24, 2.45) is 5.18 Å². The third-order valence-electron chi connectivity index (χ3n) is 0.671. The Morgan fingerprint density at radius 3 is 2.60 bits per heavy atom. The zero-order valence-corrected chi connectivity index (χ0v) is 5.29. The standard InChI is InChI=1S/C4H6N2O4/c1-10-4(8)5-2-3(7)6-9/h2H2,1H3,(H,5,8). The van der Waals surface area contributed by atoms with Crippen LogP contribution in [0, 0.1) is 4.91 Å². The molecule has 0 aliphatic rings. The van der Waals surface area contributed by atoms with Crippen molar-refractivity contribution in [3.05, 3.63) is 4.91 Å². The van der Waals surface area contributed by atoms with E-state index in [1.807, 2.05) is 10.5 Å². The molecule has 0 aromatic heterocycles. The second-order valence-corrected chi connectivity index (χ2v) is 1.33. The molecule has 0 aromatic carbocycles. The Hall–Kier alpha value is -1.46. The SMILES string of the molecule is COC(=O)NCC(=O)N=O. The van der Waals surface area contributed by atoms with Crippen molar-refractivity contribution in [1.29, 1.82) is 0 Å². The molecule has 0 saturated carbocycles. The third kappa shape index (κ3) is 3.53. The Morgan fingerprint density at radius 1 is 1.60 bits per heavy atom. The van der Waals surface area contributed by atoms with Crippen molar-refractivity contribution in [2.45, 2.75) is 0 Å². The molecule has 6 heteroatoms. The fourth-order valence-electron chi connectivity index (χ4n) is 0.252. The van der Waals surface area contributed by atoms with Crippen molar-refractivity contribution in [2.75, 3.05) is 13.7 Å². The van der Waals surface area contributed by atoms with Crippen LogP contribution in [-0.4, -0.2) is 25.7 Å². The zero-order chi connectivity index (χ0) is 7.98. The largest absolute Gasteiger partial charge is 0.453 e. The van der Waals surface area contributed by atoms with Crippen LogP contribution in [0.4, 0.5) is 4.79 Å². The summed E-state index contributed by atoms with van der Waals surface area (Å²) in [6, 6.07) is 0. The van der Waals surface area contributed by atoms with Crippen LogP contribution in [0.5, 0.6) is 0 Å². The Kier molecular flexibility index (Phi) is 3.78. The molecular weight excluding hydrogens is 140 g/mol. The van der Waals surface area contributed by atoms with Crippen LogP contribution in [0.15, 0.2) is 5.18 Å². The molecule has 1 N–H and O–H groups in total. The van der Waals surface area contributed by atoms with Gasteiger partial charge >= 0.3 is 12.0 Å². The summed E-state index contributed by atoms with van der Waals surface area (Å²) in [6.45, 7) is -0.420. The van der Waals surface area contributed by atoms with E-state index < -0.39 is 18.5 Å². The van der Waals surface area contributed by atoms with Gasteiger partial charge in [0.25, 0.3) is 0 Å². The number of ether oxygens (including phenoxy) is 1. The monoisotopic (exact) mass is 146 g/mol. The number of nitrogens with zero attached hydrogens (tertiary/aromatic N) is 1. The number of carbonyl (C=O) groups excluding carboxylic acids is 2. The molecule has 0 saturated heterocycles. The minimum Gasteiger partial charge on any atom is -0.453 e. The Labute approximate surface area is 56.5 Å². The second-order valence-electron chi connectivity index (χ2n) is 1.33. The number of alkyl carbamates (subject to hydrolysis) is 1. The molecule has 0 atom stereocenters. The van der Waals surface area contributed by atoms with Gasteiger partial charge in [-0.15, -0.1) is 4.91 Å². The summed E-state index contributed by atoms with van der Waals surface area (Å²) in [7, 11) is 1.15. The van der Waals surface area contributed by atoms with E-state index in [-0.39, 0.29) is 0 Å². The number of hydrogen-bond donors (Lipinski definition) is 1. The fraction of sp³-hybridized carbons (Fsp3) is 0.500. The van der Waals surface area contributed by atoms with Gasteiger partial charge in [-0.25, -0.2) is 4.79 Å². The van der Waals surface area contributed by atoms with Crippen molar-refractivity contribution >= 4 is 12.0 Å². The maximum atomic E-state index is 10.2. The minimum atomic E-state index is -0.939. The number of nitroso groups, excluding NO2 is 1. The summed E-state index contributed by atoms with van der Waals surface area (Å²) in [5.41, 5.74) is 0. The highest BCUT2D eigenvalue weighted by atomic mass is 16.5. The van der Waals surface area contributed by atoms with Gasteiger partial charge in [0.15, 0.2) is 0 Å². The van der Waals surface area contributed by atoms with Crippen molar-refractivity contribution in [3.63, 3.8) is 0 Å². The molecule has 10 heavy (non-hydrogen) atoms. The van der Waals surface area contributed by atoms with Gasteiger partial charge in [0.2, 0.25) is 0 Å². The van der Waals surface area contributed by atoms with Crippen LogP contribution < -0.4 is 5.32 Å². The Bertz CT molecular complexity index is 155. The van der Waals surface area contributed by atoms with Crippen molar-refractivity contribution in [1.82, 2.24) is 5.32 Å².